The van der Waals surface area contributed by atoms with Crippen molar-refractivity contribution in [3.8, 4) is 0 Å². The Labute approximate surface area is 238 Å². The van der Waals surface area contributed by atoms with Crippen LogP contribution in [0.4, 0.5) is 5.69 Å². The van der Waals surface area contributed by atoms with Crippen LogP contribution in [0, 0.1) is 0 Å². The van der Waals surface area contributed by atoms with Crippen molar-refractivity contribution in [1.29, 1.82) is 0 Å². The van der Waals surface area contributed by atoms with Crippen molar-refractivity contribution in [2.45, 2.75) is 25.2 Å². The number of rotatable bonds is 5. The summed E-state index contributed by atoms with van der Waals surface area (Å²) >= 11 is 0. The van der Waals surface area contributed by atoms with Crippen molar-refractivity contribution in [3.05, 3.63) is 137 Å². The van der Waals surface area contributed by atoms with Crippen LogP contribution < -0.4 is 4.90 Å². The molecule has 0 aliphatic carbocycles. The van der Waals surface area contributed by atoms with Crippen LogP contribution in [0.5, 0.6) is 0 Å². The summed E-state index contributed by atoms with van der Waals surface area (Å²) in [7, 11) is 1.94. The second-order valence-corrected chi connectivity index (χ2v) is 10.5. The molecule has 3 heterocycles. The number of nitrogens with zero attached hydrogens (tertiary/aromatic N) is 3. The molecule has 0 spiro atoms. The Kier molecular flexibility index (Phi) is 6.38. The van der Waals surface area contributed by atoms with Gasteiger partial charge in [-0.2, -0.15) is 0 Å². The number of carbonyl (C=O) groups is 1. The van der Waals surface area contributed by atoms with Gasteiger partial charge >= 0.3 is 0 Å². The minimum Gasteiger partial charge on any atom is -0.404 e. The quantitative estimate of drug-likeness (QED) is 0.344. The number of likely N-dealkylation sites (N-methyl/N-ethyl adjacent to an activating group) is 1. The lowest BCUT2D eigenvalue weighted by Crippen LogP contribution is -2.39. The van der Waals surface area contributed by atoms with E-state index >= 15 is 0 Å². The molecule has 3 aliphatic rings. The Balaban J connectivity index is 1.30. The average Bonchev–Trinajstić information content (AvgIpc) is 3.64. The second-order valence-electron chi connectivity index (χ2n) is 10.5. The fraction of sp³-hybridized carbons (Fsp3) is 0.176. The van der Waals surface area contributed by atoms with E-state index in [4.69, 9.17) is 9.68 Å². The van der Waals surface area contributed by atoms with E-state index in [9.17, 15) is 9.90 Å². The lowest BCUT2D eigenvalue weighted by Gasteiger charge is -2.30. The molecular weight excluding hydrogens is 514 g/mol. The number of benzene rings is 4. The molecule has 0 fully saturated rings. The third-order valence-corrected chi connectivity index (χ3v) is 7.95. The number of oxime groups is 1. The van der Waals surface area contributed by atoms with Gasteiger partial charge in [0.2, 0.25) is 0 Å². The highest BCUT2D eigenvalue weighted by Gasteiger charge is 2.41. The molecule has 1 amide bonds. The molecule has 2 unspecified atom stereocenters. The van der Waals surface area contributed by atoms with Gasteiger partial charge in [0.25, 0.3) is 5.91 Å². The summed E-state index contributed by atoms with van der Waals surface area (Å²) in [6.07, 6.45) is 0.255. The summed E-state index contributed by atoms with van der Waals surface area (Å²) in [6.45, 7) is 0.329. The maximum absolute atomic E-state index is 14.3. The first kappa shape index (κ1) is 25.3. The molecule has 7 nitrogen and oxygen atoms in total. The molecule has 3 aliphatic heterocycles. The summed E-state index contributed by atoms with van der Waals surface area (Å²) in [6, 6.07) is 33.5. The van der Waals surface area contributed by atoms with Crippen LogP contribution in [0.1, 0.15) is 50.6 Å². The third-order valence-electron chi connectivity index (χ3n) is 7.95. The van der Waals surface area contributed by atoms with Crippen molar-refractivity contribution >= 4 is 28.6 Å². The summed E-state index contributed by atoms with van der Waals surface area (Å²) in [5.74, 6) is 0.588. The van der Waals surface area contributed by atoms with Crippen LogP contribution in [0.25, 0.3) is 11.3 Å². The van der Waals surface area contributed by atoms with Crippen molar-refractivity contribution in [1.82, 2.24) is 5.06 Å². The number of carbonyl (C=O) groups excluding carboxylic acids is 1. The zero-order chi connectivity index (χ0) is 27.9. The SMILES string of the molecule is CN1OC2=C(c3ccccc3N(CC3CC(c4ccc(CO)cc4)=NO3)C(=O)c3ccccc32)C1c1ccccc1. The van der Waals surface area contributed by atoms with Crippen molar-refractivity contribution in [2.24, 2.45) is 5.16 Å². The third kappa shape index (κ3) is 4.40. The molecule has 0 saturated carbocycles. The van der Waals surface area contributed by atoms with E-state index in [0.717, 1.165) is 44.8 Å². The molecule has 7 rings (SSSR count). The number of para-hydroxylation sites is 1. The molecule has 2 atom stereocenters. The molecular formula is C34H29N3O4. The Morgan fingerprint density at radius 2 is 1.54 bits per heavy atom. The number of hydroxylamine groups is 2. The van der Waals surface area contributed by atoms with Gasteiger partial charge in [-0.05, 0) is 28.8 Å². The first-order chi connectivity index (χ1) is 20.1. The van der Waals surface area contributed by atoms with Crippen LogP contribution >= 0.6 is 0 Å². The number of hydrogen-bond donors (Lipinski definition) is 1. The molecule has 0 aromatic heterocycles. The Bertz CT molecular complexity index is 1680. The first-order valence-corrected chi connectivity index (χ1v) is 13.8. The highest BCUT2D eigenvalue weighted by atomic mass is 16.7. The Hall–Kier alpha value is -4.72. The van der Waals surface area contributed by atoms with Gasteiger partial charge < -0.3 is 19.7 Å². The predicted octanol–water partition coefficient (Wildman–Crippen LogP) is 5.82. The second kappa shape index (κ2) is 10.4. The van der Waals surface area contributed by atoms with Crippen LogP contribution in [-0.2, 0) is 16.3 Å². The van der Waals surface area contributed by atoms with Gasteiger partial charge in [-0.3, -0.25) is 4.79 Å². The minimum absolute atomic E-state index is 0.00601. The summed E-state index contributed by atoms with van der Waals surface area (Å²) in [4.78, 5) is 28.5. The standard InChI is InChI=1S/C34H29N3O4/c1-36-32(24-9-3-2-4-10-24)31-28-13-7-8-14-30(28)37(34(39)27-12-6-5-11-26(27)33(31)41-36)20-25-19-29(35-40-25)23-17-15-22(21-38)16-18-23/h2-18,25,32,38H,19-21H2,1H3. The van der Waals surface area contributed by atoms with Crippen molar-refractivity contribution in [3.63, 3.8) is 0 Å². The van der Waals surface area contributed by atoms with Gasteiger partial charge in [0.15, 0.2) is 11.9 Å². The number of hydrogen-bond acceptors (Lipinski definition) is 6. The van der Waals surface area contributed by atoms with Gasteiger partial charge in [0, 0.05) is 30.2 Å². The molecule has 41 heavy (non-hydrogen) atoms. The molecule has 0 saturated heterocycles. The van der Waals surface area contributed by atoms with E-state index in [-0.39, 0.29) is 24.7 Å². The number of aliphatic hydroxyl groups is 1. The largest absolute Gasteiger partial charge is 0.404 e. The fourth-order valence-electron chi connectivity index (χ4n) is 5.97. The van der Waals surface area contributed by atoms with E-state index in [2.05, 4.69) is 23.4 Å². The molecule has 7 heteroatoms. The highest BCUT2D eigenvalue weighted by molar-refractivity contribution is 6.14. The summed E-state index contributed by atoms with van der Waals surface area (Å²) < 4.78 is 0. The van der Waals surface area contributed by atoms with Gasteiger partial charge in [0.05, 0.1) is 36.2 Å². The van der Waals surface area contributed by atoms with Crippen LogP contribution in [0.3, 0.4) is 0 Å². The minimum atomic E-state index is -0.313. The topological polar surface area (TPSA) is 74.6 Å². The van der Waals surface area contributed by atoms with Crippen LogP contribution in [0.15, 0.2) is 108 Å². The highest BCUT2D eigenvalue weighted by Crippen LogP contribution is 2.50. The Morgan fingerprint density at radius 3 is 2.29 bits per heavy atom. The lowest BCUT2D eigenvalue weighted by molar-refractivity contribution is -0.0654. The normalized spacial score (nSPS) is 19.9. The number of anilines is 1. The van der Waals surface area contributed by atoms with E-state index < -0.39 is 0 Å². The van der Waals surface area contributed by atoms with Crippen LogP contribution in [0.2, 0.25) is 0 Å². The first-order valence-electron chi connectivity index (χ1n) is 13.8. The van der Waals surface area contributed by atoms with Gasteiger partial charge in [-0.25, -0.2) is 0 Å². The molecule has 4 aromatic carbocycles. The maximum Gasteiger partial charge on any atom is 0.259 e. The average molecular weight is 544 g/mol. The predicted molar refractivity (Wildman–Crippen MR) is 158 cm³/mol. The molecule has 204 valence electrons. The number of aliphatic hydroxyl groups excluding tert-OH is 1. The van der Waals surface area contributed by atoms with E-state index in [1.54, 1.807) is 0 Å². The van der Waals surface area contributed by atoms with Gasteiger partial charge in [-0.15, -0.1) is 5.06 Å². The number of amides is 1. The zero-order valence-electron chi connectivity index (χ0n) is 22.6. The summed E-state index contributed by atoms with van der Waals surface area (Å²) in [5.41, 5.74) is 7.85. The molecule has 0 bridgehead atoms. The monoisotopic (exact) mass is 543 g/mol. The van der Waals surface area contributed by atoms with Crippen LogP contribution in [-0.4, -0.2) is 41.5 Å². The lowest BCUT2D eigenvalue weighted by atomic mass is 9.87. The van der Waals surface area contributed by atoms with E-state index in [1.165, 1.54) is 0 Å². The smallest absolute Gasteiger partial charge is 0.259 e. The zero-order valence-corrected chi connectivity index (χ0v) is 22.6. The summed E-state index contributed by atoms with van der Waals surface area (Å²) in [5, 5.41) is 15.6. The number of fused-ring (bicyclic) bond motifs is 4. The molecule has 4 aromatic rings. The van der Waals surface area contributed by atoms with Crippen molar-refractivity contribution < 1.29 is 19.6 Å². The van der Waals surface area contributed by atoms with E-state index in [1.807, 2.05) is 102 Å². The van der Waals surface area contributed by atoms with E-state index in [0.29, 0.717) is 24.3 Å². The Morgan fingerprint density at radius 1 is 0.854 bits per heavy atom. The van der Waals surface area contributed by atoms with Gasteiger partial charge in [0.1, 0.15) is 0 Å². The maximum atomic E-state index is 14.3. The molecule has 1 N–H and O–H groups in total. The molecule has 0 radical (unpaired) electrons. The van der Waals surface area contributed by atoms with Gasteiger partial charge in [-0.1, -0.05) is 96.2 Å². The van der Waals surface area contributed by atoms with Crippen molar-refractivity contribution in [2.75, 3.05) is 18.5 Å². The fourth-order valence-corrected chi connectivity index (χ4v) is 5.97.